The summed E-state index contributed by atoms with van der Waals surface area (Å²) in [7, 11) is 0. The summed E-state index contributed by atoms with van der Waals surface area (Å²) in [6.07, 6.45) is 0. The molecule has 0 aliphatic rings. The Balaban J connectivity index is 0.729. The van der Waals surface area contributed by atoms with Gasteiger partial charge in [-0.3, -0.25) is 0 Å². The van der Waals surface area contributed by atoms with Crippen LogP contribution >= 0.6 is 11.3 Å². The average Bonchev–Trinajstić information content (AvgIpc) is 1.62. The van der Waals surface area contributed by atoms with Crippen LogP contribution in [0.5, 0.6) is 0 Å². The third-order valence-corrected chi connectivity index (χ3v) is 20.0. The Kier molecular flexibility index (Phi) is 11.5. The molecular formula is C86H52N2O2S. The zero-order valence-electron chi connectivity index (χ0n) is 49.1. The van der Waals surface area contributed by atoms with Crippen LogP contribution in [0.2, 0.25) is 0 Å². The van der Waals surface area contributed by atoms with Crippen LogP contribution in [0, 0.1) is 0 Å². The van der Waals surface area contributed by atoms with Gasteiger partial charge in [-0.25, -0.2) is 0 Å². The fourth-order valence-electron chi connectivity index (χ4n) is 14.7. The normalized spacial score (nSPS) is 12.0. The summed E-state index contributed by atoms with van der Waals surface area (Å²) in [6, 6.07) is 115. The molecule has 0 saturated carbocycles. The first-order valence-corrected chi connectivity index (χ1v) is 31.8. The second-order valence-corrected chi connectivity index (χ2v) is 24.9. The number of rotatable bonds is 9. The van der Waals surface area contributed by atoms with Crippen molar-refractivity contribution in [2.75, 3.05) is 9.80 Å². The highest BCUT2D eigenvalue weighted by molar-refractivity contribution is 7.25. The maximum Gasteiger partial charge on any atom is 0.143 e. The van der Waals surface area contributed by atoms with Gasteiger partial charge in [-0.1, -0.05) is 218 Å². The minimum absolute atomic E-state index is 0.842. The highest BCUT2D eigenvalue weighted by Gasteiger charge is 2.24. The van der Waals surface area contributed by atoms with Crippen LogP contribution in [0.15, 0.2) is 324 Å². The van der Waals surface area contributed by atoms with Crippen LogP contribution in [0.3, 0.4) is 0 Å². The van der Waals surface area contributed by atoms with Crippen molar-refractivity contribution >= 4 is 163 Å². The van der Waals surface area contributed by atoms with Crippen LogP contribution < -0.4 is 9.80 Å². The Morgan fingerprint density at radius 3 is 1.56 bits per heavy atom. The van der Waals surface area contributed by atoms with E-state index in [0.717, 1.165) is 116 Å². The second-order valence-electron chi connectivity index (χ2n) is 23.8. The van der Waals surface area contributed by atoms with Gasteiger partial charge in [0.1, 0.15) is 22.3 Å². The highest BCUT2D eigenvalue weighted by atomic mass is 32.1. The van der Waals surface area contributed by atoms with Gasteiger partial charge in [0, 0.05) is 86.3 Å². The maximum absolute atomic E-state index is 7.02. The summed E-state index contributed by atoms with van der Waals surface area (Å²) >= 11 is 1.84. The summed E-state index contributed by atoms with van der Waals surface area (Å²) in [5.74, 6) is 0. The molecule has 0 bridgehead atoms. The van der Waals surface area contributed by atoms with E-state index in [-0.39, 0.29) is 0 Å². The van der Waals surface area contributed by atoms with E-state index in [1.807, 2.05) is 11.3 Å². The van der Waals surface area contributed by atoms with Crippen molar-refractivity contribution in [2.45, 2.75) is 0 Å². The Hall–Kier alpha value is -11.8. The number of hydrogen-bond donors (Lipinski definition) is 0. The molecule has 0 aliphatic heterocycles. The molecule has 3 aromatic heterocycles. The van der Waals surface area contributed by atoms with E-state index in [9.17, 15) is 0 Å². The molecule has 0 spiro atoms. The molecule has 3 heterocycles. The molecule has 16 aromatic carbocycles. The van der Waals surface area contributed by atoms with Crippen molar-refractivity contribution in [2.24, 2.45) is 0 Å². The van der Waals surface area contributed by atoms with E-state index < -0.39 is 0 Å². The standard InChI is InChI=1S/C86H52N2O2S/c1-3-23-63-54(17-1)19-13-32-64(63)56-39-44-59(45-40-56)88(78-34-14-20-55-18-2-4-24-65(55)78)61-22-15-21-60(50-61)87(62-46-48-82-76(51-62)69-28-11-12-36-81(69)91-82)58-42-37-53(38-43-58)57-41-47-74-80(49-57)89-79-35-16-33-71(83(74)79)75-52-77-84-70-29-8-5-25-66(70)67-26-6-10-31-73(67)86(84)90-85(77)72-30-9-7-27-68(72)75/h1-52H. The van der Waals surface area contributed by atoms with Crippen molar-refractivity contribution in [3.05, 3.63) is 315 Å². The van der Waals surface area contributed by atoms with E-state index in [4.69, 9.17) is 8.83 Å². The van der Waals surface area contributed by atoms with Crippen molar-refractivity contribution < 1.29 is 8.83 Å². The summed E-state index contributed by atoms with van der Waals surface area (Å²) in [5, 5.41) is 18.7. The van der Waals surface area contributed by atoms with Gasteiger partial charge in [-0.05, 0) is 168 Å². The molecule has 0 unspecified atom stereocenters. The van der Waals surface area contributed by atoms with Crippen molar-refractivity contribution in [1.82, 2.24) is 0 Å². The highest BCUT2D eigenvalue weighted by Crippen LogP contribution is 2.50. The predicted molar refractivity (Wildman–Crippen MR) is 387 cm³/mol. The van der Waals surface area contributed by atoms with Gasteiger partial charge in [0.05, 0.1) is 5.69 Å². The lowest BCUT2D eigenvalue weighted by molar-refractivity contribution is 0.669. The molecule has 4 nitrogen and oxygen atoms in total. The van der Waals surface area contributed by atoms with Crippen molar-refractivity contribution in [3.8, 4) is 33.4 Å². The molecule has 0 amide bonds. The number of anilines is 6. The summed E-state index contributed by atoms with van der Waals surface area (Å²) < 4.78 is 16.5. The predicted octanol–water partition coefficient (Wildman–Crippen LogP) is 25.6. The summed E-state index contributed by atoms with van der Waals surface area (Å²) in [4.78, 5) is 4.82. The molecule has 91 heavy (non-hydrogen) atoms. The lowest BCUT2D eigenvalue weighted by Crippen LogP contribution is -2.13. The van der Waals surface area contributed by atoms with Crippen LogP contribution in [-0.2, 0) is 0 Å². The van der Waals surface area contributed by atoms with Crippen LogP contribution in [0.1, 0.15) is 0 Å². The number of fused-ring (bicyclic) bond motifs is 18. The topological polar surface area (TPSA) is 32.8 Å². The first-order chi connectivity index (χ1) is 45.1. The lowest BCUT2D eigenvalue weighted by atomic mass is 9.91. The quantitative estimate of drug-likeness (QED) is 0.135. The zero-order valence-corrected chi connectivity index (χ0v) is 50.0. The van der Waals surface area contributed by atoms with Gasteiger partial charge in [0.25, 0.3) is 0 Å². The van der Waals surface area contributed by atoms with E-state index >= 15 is 0 Å². The lowest BCUT2D eigenvalue weighted by Gasteiger charge is -2.30. The van der Waals surface area contributed by atoms with Crippen LogP contribution in [-0.4, -0.2) is 0 Å². The molecular weight excluding hydrogens is 1130 g/mol. The number of thiophene rings is 1. The van der Waals surface area contributed by atoms with E-state index in [2.05, 4.69) is 325 Å². The summed E-state index contributed by atoms with van der Waals surface area (Å²) in [6.45, 7) is 0. The van der Waals surface area contributed by atoms with Crippen molar-refractivity contribution in [1.29, 1.82) is 0 Å². The van der Waals surface area contributed by atoms with Crippen LogP contribution in [0.25, 0.3) is 151 Å². The van der Waals surface area contributed by atoms with Gasteiger partial charge in [0.2, 0.25) is 0 Å². The maximum atomic E-state index is 7.02. The largest absolute Gasteiger partial charge is 0.456 e. The van der Waals surface area contributed by atoms with Crippen molar-refractivity contribution in [3.63, 3.8) is 0 Å². The van der Waals surface area contributed by atoms with E-state index in [0.29, 0.717) is 0 Å². The minimum atomic E-state index is 0.842. The Labute approximate surface area is 527 Å². The zero-order chi connectivity index (χ0) is 59.7. The average molecular weight is 1180 g/mol. The molecule has 0 aliphatic carbocycles. The van der Waals surface area contributed by atoms with E-state index in [1.54, 1.807) is 0 Å². The minimum Gasteiger partial charge on any atom is -0.456 e. The number of hydrogen-bond acceptors (Lipinski definition) is 5. The Morgan fingerprint density at radius 1 is 0.231 bits per heavy atom. The van der Waals surface area contributed by atoms with E-state index in [1.165, 1.54) is 69.0 Å². The first-order valence-electron chi connectivity index (χ1n) is 31.0. The molecule has 0 atom stereocenters. The number of furan rings is 2. The number of benzene rings is 16. The second kappa shape index (κ2) is 20.4. The molecule has 5 heteroatoms. The fraction of sp³-hybridized carbons (Fsp3) is 0. The molecule has 0 N–H and O–H groups in total. The number of nitrogens with zero attached hydrogens (tertiary/aromatic N) is 2. The molecule has 0 saturated heterocycles. The van der Waals surface area contributed by atoms with Gasteiger partial charge in [0.15, 0.2) is 0 Å². The smallest absolute Gasteiger partial charge is 0.143 e. The van der Waals surface area contributed by atoms with Crippen LogP contribution in [0.4, 0.5) is 34.1 Å². The first kappa shape index (κ1) is 51.3. The van der Waals surface area contributed by atoms with Gasteiger partial charge in [-0.2, -0.15) is 0 Å². The van der Waals surface area contributed by atoms with Gasteiger partial charge >= 0.3 is 0 Å². The van der Waals surface area contributed by atoms with Gasteiger partial charge in [-0.15, -0.1) is 11.3 Å². The molecule has 19 rings (SSSR count). The monoisotopic (exact) mass is 1180 g/mol. The van der Waals surface area contributed by atoms with Gasteiger partial charge < -0.3 is 18.6 Å². The fourth-order valence-corrected chi connectivity index (χ4v) is 15.7. The third-order valence-electron chi connectivity index (χ3n) is 18.8. The third kappa shape index (κ3) is 8.15. The molecule has 0 fully saturated rings. The molecule has 0 radical (unpaired) electrons. The summed E-state index contributed by atoms with van der Waals surface area (Å²) in [5.41, 5.74) is 16.7. The Bertz CT molecular complexity index is 6160. The Morgan fingerprint density at radius 2 is 0.769 bits per heavy atom. The SMILES string of the molecule is c1cc(N(c2ccc(-c3ccc4c(c3)oc3cccc(-c5cc6c(oc7c8ccccc8c8ccccc8c67)c6ccccc56)c34)cc2)c2ccc3sc4ccccc4c3c2)cc(N(c2ccc(-c3cccc4ccccc34)cc2)c2cccc3ccccc23)c1. The molecule has 424 valence electrons. The molecule has 19 aromatic rings.